The second-order valence-corrected chi connectivity index (χ2v) is 5.13. The predicted molar refractivity (Wildman–Crippen MR) is 85.1 cm³/mol. The zero-order valence-corrected chi connectivity index (χ0v) is 13.4. The van der Waals surface area contributed by atoms with Crippen LogP contribution < -0.4 is 9.64 Å². The fourth-order valence-corrected chi connectivity index (χ4v) is 1.77. The lowest BCUT2D eigenvalue weighted by Crippen LogP contribution is -2.33. The van der Waals surface area contributed by atoms with E-state index in [2.05, 4.69) is 9.97 Å². The third-order valence-electron chi connectivity index (χ3n) is 3.34. The molecule has 7 heteroatoms. The van der Waals surface area contributed by atoms with Gasteiger partial charge in [0.2, 0.25) is 11.8 Å². The van der Waals surface area contributed by atoms with E-state index in [0.29, 0.717) is 30.5 Å². The molecule has 6 nitrogen and oxygen atoms in total. The van der Waals surface area contributed by atoms with E-state index in [-0.39, 0.29) is 11.7 Å². The van der Waals surface area contributed by atoms with Crippen LogP contribution in [0.3, 0.4) is 0 Å². The number of rotatable bonds is 6. The molecular formula is C16H19FN4O2. The summed E-state index contributed by atoms with van der Waals surface area (Å²) in [6, 6.07) is 5.68. The normalized spacial score (nSPS) is 10.3. The van der Waals surface area contributed by atoms with Gasteiger partial charge in [-0.1, -0.05) is 0 Å². The van der Waals surface area contributed by atoms with Gasteiger partial charge in [0.05, 0.1) is 12.4 Å². The number of carbonyl (C=O) groups excluding carboxylic acids is 1. The van der Waals surface area contributed by atoms with Crippen molar-refractivity contribution in [2.24, 2.45) is 0 Å². The molecule has 0 radical (unpaired) electrons. The molecule has 0 saturated heterocycles. The SMILES string of the molecule is CC(=O)N(C)CCN(C)c1cncc(Oc2ccc(F)cc2)n1. The van der Waals surface area contributed by atoms with Gasteiger partial charge in [0.25, 0.3) is 0 Å². The standard InChI is InChI=1S/C16H19FN4O2/c1-12(22)20(2)8-9-21(3)15-10-18-11-16(19-15)23-14-6-4-13(17)5-7-14/h4-7,10-11H,8-9H2,1-3H3. The van der Waals surface area contributed by atoms with Crippen molar-refractivity contribution in [3.05, 3.63) is 42.5 Å². The van der Waals surface area contributed by atoms with Crippen molar-refractivity contribution in [2.75, 3.05) is 32.1 Å². The number of halogens is 1. The third-order valence-corrected chi connectivity index (χ3v) is 3.34. The van der Waals surface area contributed by atoms with Crippen LogP contribution in [0.1, 0.15) is 6.92 Å². The van der Waals surface area contributed by atoms with E-state index in [1.54, 1.807) is 18.1 Å². The van der Waals surface area contributed by atoms with Gasteiger partial charge in [-0.05, 0) is 24.3 Å². The highest BCUT2D eigenvalue weighted by Crippen LogP contribution is 2.20. The Morgan fingerprint density at radius 3 is 2.52 bits per heavy atom. The lowest BCUT2D eigenvalue weighted by Gasteiger charge is -2.22. The van der Waals surface area contributed by atoms with Gasteiger partial charge in [-0.25, -0.2) is 4.39 Å². The van der Waals surface area contributed by atoms with Crippen LogP contribution in [0.15, 0.2) is 36.7 Å². The molecule has 0 unspecified atom stereocenters. The molecule has 1 heterocycles. The molecule has 0 atom stereocenters. The number of amides is 1. The van der Waals surface area contributed by atoms with Crippen molar-refractivity contribution in [1.82, 2.24) is 14.9 Å². The minimum Gasteiger partial charge on any atom is -0.437 e. The molecule has 0 saturated carbocycles. The van der Waals surface area contributed by atoms with Gasteiger partial charge in [0.1, 0.15) is 11.6 Å². The van der Waals surface area contributed by atoms with Crippen molar-refractivity contribution < 1.29 is 13.9 Å². The summed E-state index contributed by atoms with van der Waals surface area (Å²) >= 11 is 0. The largest absolute Gasteiger partial charge is 0.437 e. The molecule has 0 aliphatic carbocycles. The minimum atomic E-state index is -0.327. The molecule has 0 spiro atoms. The molecule has 0 aliphatic rings. The Bertz CT molecular complexity index is 663. The molecule has 2 rings (SSSR count). The van der Waals surface area contributed by atoms with Crippen LogP contribution in [0.5, 0.6) is 11.6 Å². The van der Waals surface area contributed by atoms with Gasteiger partial charge >= 0.3 is 0 Å². The molecule has 1 aromatic heterocycles. The van der Waals surface area contributed by atoms with Crippen LogP contribution in [0, 0.1) is 5.82 Å². The average Bonchev–Trinajstić information content (AvgIpc) is 2.54. The highest BCUT2D eigenvalue weighted by molar-refractivity contribution is 5.72. The van der Waals surface area contributed by atoms with E-state index in [1.165, 1.54) is 37.4 Å². The van der Waals surface area contributed by atoms with Gasteiger partial charge in [-0.2, -0.15) is 4.98 Å². The van der Waals surface area contributed by atoms with Crippen molar-refractivity contribution >= 4 is 11.7 Å². The van der Waals surface area contributed by atoms with Crippen molar-refractivity contribution in [3.63, 3.8) is 0 Å². The summed E-state index contributed by atoms with van der Waals surface area (Å²) in [5, 5.41) is 0. The summed E-state index contributed by atoms with van der Waals surface area (Å²) in [6.07, 6.45) is 3.10. The molecule has 122 valence electrons. The number of carbonyl (C=O) groups is 1. The molecule has 0 N–H and O–H groups in total. The molecule has 1 amide bonds. The van der Waals surface area contributed by atoms with E-state index in [4.69, 9.17) is 4.74 Å². The average molecular weight is 318 g/mol. The number of hydrogen-bond acceptors (Lipinski definition) is 5. The van der Waals surface area contributed by atoms with E-state index in [1.807, 2.05) is 11.9 Å². The first-order valence-corrected chi connectivity index (χ1v) is 7.14. The lowest BCUT2D eigenvalue weighted by atomic mass is 10.3. The molecule has 0 bridgehead atoms. The Kier molecular flexibility index (Phi) is 5.46. The highest BCUT2D eigenvalue weighted by Gasteiger charge is 2.08. The minimum absolute atomic E-state index is 0.0119. The van der Waals surface area contributed by atoms with E-state index < -0.39 is 0 Å². The van der Waals surface area contributed by atoms with Crippen LogP contribution in [0.2, 0.25) is 0 Å². The Hall–Kier alpha value is -2.70. The summed E-state index contributed by atoms with van der Waals surface area (Å²) in [6.45, 7) is 2.72. The second-order valence-electron chi connectivity index (χ2n) is 5.13. The number of hydrogen-bond donors (Lipinski definition) is 0. The Morgan fingerprint density at radius 1 is 1.17 bits per heavy atom. The van der Waals surface area contributed by atoms with Crippen molar-refractivity contribution in [3.8, 4) is 11.6 Å². The number of ether oxygens (including phenoxy) is 1. The van der Waals surface area contributed by atoms with Crippen LogP contribution in [-0.2, 0) is 4.79 Å². The Labute approximate surface area is 134 Å². The van der Waals surface area contributed by atoms with Gasteiger partial charge in [0.15, 0.2) is 5.82 Å². The Balaban J connectivity index is 2.01. The molecule has 2 aromatic rings. The first-order chi connectivity index (χ1) is 11.0. The van der Waals surface area contributed by atoms with Gasteiger partial charge < -0.3 is 14.5 Å². The van der Waals surface area contributed by atoms with Crippen molar-refractivity contribution in [1.29, 1.82) is 0 Å². The van der Waals surface area contributed by atoms with Gasteiger partial charge in [-0.3, -0.25) is 9.78 Å². The molecule has 0 fully saturated rings. The number of likely N-dealkylation sites (N-methyl/N-ethyl adjacent to an activating group) is 2. The van der Waals surface area contributed by atoms with Crippen LogP contribution in [0.25, 0.3) is 0 Å². The maximum atomic E-state index is 12.9. The zero-order valence-electron chi connectivity index (χ0n) is 13.4. The molecule has 1 aromatic carbocycles. The summed E-state index contributed by atoms with van der Waals surface area (Å²) in [5.41, 5.74) is 0. The fourth-order valence-electron chi connectivity index (χ4n) is 1.77. The van der Waals surface area contributed by atoms with Crippen LogP contribution in [0.4, 0.5) is 10.2 Å². The first kappa shape index (κ1) is 16.7. The van der Waals surface area contributed by atoms with E-state index in [9.17, 15) is 9.18 Å². The van der Waals surface area contributed by atoms with E-state index >= 15 is 0 Å². The maximum absolute atomic E-state index is 12.9. The lowest BCUT2D eigenvalue weighted by molar-refractivity contribution is -0.127. The summed E-state index contributed by atoms with van der Waals surface area (Å²) in [7, 11) is 3.61. The number of nitrogens with zero attached hydrogens (tertiary/aromatic N) is 4. The topological polar surface area (TPSA) is 58.6 Å². The molecular weight excluding hydrogens is 299 g/mol. The summed E-state index contributed by atoms with van der Waals surface area (Å²) in [5.74, 6) is 1.11. The number of anilines is 1. The number of aromatic nitrogens is 2. The first-order valence-electron chi connectivity index (χ1n) is 7.14. The van der Waals surface area contributed by atoms with Gasteiger partial charge in [-0.15, -0.1) is 0 Å². The Morgan fingerprint density at radius 2 is 1.87 bits per heavy atom. The molecule has 0 aliphatic heterocycles. The second kappa shape index (κ2) is 7.53. The predicted octanol–water partition coefficient (Wildman–Crippen LogP) is 2.32. The number of benzene rings is 1. The van der Waals surface area contributed by atoms with Crippen molar-refractivity contribution in [2.45, 2.75) is 6.92 Å². The quantitative estimate of drug-likeness (QED) is 0.818. The van der Waals surface area contributed by atoms with Crippen LogP contribution in [-0.4, -0.2) is 48.0 Å². The monoisotopic (exact) mass is 318 g/mol. The third kappa shape index (κ3) is 4.91. The van der Waals surface area contributed by atoms with Crippen LogP contribution >= 0.6 is 0 Å². The molecule has 23 heavy (non-hydrogen) atoms. The maximum Gasteiger partial charge on any atom is 0.239 e. The summed E-state index contributed by atoms with van der Waals surface area (Å²) < 4.78 is 18.4. The zero-order chi connectivity index (χ0) is 16.8. The smallest absolute Gasteiger partial charge is 0.239 e. The highest BCUT2D eigenvalue weighted by atomic mass is 19.1. The fraction of sp³-hybridized carbons (Fsp3) is 0.312. The van der Waals surface area contributed by atoms with E-state index in [0.717, 1.165) is 0 Å². The summed E-state index contributed by atoms with van der Waals surface area (Å²) in [4.78, 5) is 23.2. The van der Waals surface area contributed by atoms with Gasteiger partial charge in [0, 0.05) is 34.1 Å².